The SMILES string of the molecule is CN=C(NCC1CCCOC1C(C)(C)C)N1CCN(c2ncccn2)CC1. The third kappa shape index (κ3) is 5.09. The number of anilines is 1. The lowest BCUT2D eigenvalue weighted by atomic mass is 9.78. The Morgan fingerprint density at radius 3 is 2.56 bits per heavy atom. The first-order chi connectivity index (χ1) is 13.0. The molecule has 0 aromatic carbocycles. The van der Waals surface area contributed by atoms with Crippen molar-refractivity contribution in [1.29, 1.82) is 0 Å². The topological polar surface area (TPSA) is 65.9 Å². The molecule has 2 fully saturated rings. The van der Waals surface area contributed by atoms with Crippen molar-refractivity contribution < 1.29 is 4.74 Å². The highest BCUT2D eigenvalue weighted by Crippen LogP contribution is 2.33. The smallest absolute Gasteiger partial charge is 0.225 e. The Bertz CT molecular complexity index is 607. The van der Waals surface area contributed by atoms with Crippen LogP contribution in [-0.4, -0.2) is 73.3 Å². The van der Waals surface area contributed by atoms with E-state index >= 15 is 0 Å². The van der Waals surface area contributed by atoms with Gasteiger partial charge in [0.25, 0.3) is 0 Å². The minimum atomic E-state index is 0.164. The van der Waals surface area contributed by atoms with Crippen molar-refractivity contribution in [3.05, 3.63) is 18.5 Å². The summed E-state index contributed by atoms with van der Waals surface area (Å²) >= 11 is 0. The summed E-state index contributed by atoms with van der Waals surface area (Å²) in [6, 6.07) is 1.85. The Balaban J connectivity index is 1.52. The third-order valence-corrected chi connectivity index (χ3v) is 5.45. The van der Waals surface area contributed by atoms with Crippen molar-refractivity contribution in [3.63, 3.8) is 0 Å². The summed E-state index contributed by atoms with van der Waals surface area (Å²) in [6.07, 6.45) is 6.25. The highest BCUT2D eigenvalue weighted by Gasteiger charge is 2.35. The van der Waals surface area contributed by atoms with E-state index in [1.165, 1.54) is 6.42 Å². The number of ether oxygens (including phenoxy) is 1. The number of nitrogens with one attached hydrogen (secondary N) is 1. The van der Waals surface area contributed by atoms with Gasteiger partial charge in [-0.2, -0.15) is 0 Å². The van der Waals surface area contributed by atoms with E-state index in [9.17, 15) is 0 Å². The first-order valence-electron chi connectivity index (χ1n) is 10.1. The molecule has 0 amide bonds. The number of hydrogen-bond acceptors (Lipinski definition) is 5. The van der Waals surface area contributed by atoms with Crippen molar-refractivity contribution in [2.45, 2.75) is 39.7 Å². The molecule has 27 heavy (non-hydrogen) atoms. The zero-order chi connectivity index (χ0) is 19.3. The van der Waals surface area contributed by atoms with Crippen LogP contribution >= 0.6 is 0 Å². The van der Waals surface area contributed by atoms with E-state index in [2.05, 4.69) is 50.8 Å². The lowest BCUT2D eigenvalue weighted by Crippen LogP contribution is -2.54. The average Bonchev–Trinajstić information content (AvgIpc) is 2.69. The van der Waals surface area contributed by atoms with Crippen molar-refractivity contribution in [2.24, 2.45) is 16.3 Å². The Hall–Kier alpha value is -1.89. The Morgan fingerprint density at radius 2 is 1.93 bits per heavy atom. The van der Waals surface area contributed by atoms with Gasteiger partial charge < -0.3 is 19.9 Å². The molecule has 1 aromatic rings. The number of aromatic nitrogens is 2. The van der Waals surface area contributed by atoms with Gasteiger partial charge in [0.2, 0.25) is 5.95 Å². The summed E-state index contributed by atoms with van der Waals surface area (Å²) < 4.78 is 6.12. The highest BCUT2D eigenvalue weighted by molar-refractivity contribution is 5.80. The van der Waals surface area contributed by atoms with Crippen LogP contribution in [0, 0.1) is 11.3 Å². The number of piperazine rings is 1. The molecule has 7 nitrogen and oxygen atoms in total. The molecule has 2 saturated heterocycles. The summed E-state index contributed by atoms with van der Waals surface area (Å²) in [7, 11) is 1.87. The lowest BCUT2D eigenvalue weighted by Gasteiger charge is -2.41. The second kappa shape index (κ2) is 8.87. The third-order valence-electron chi connectivity index (χ3n) is 5.45. The van der Waals surface area contributed by atoms with Gasteiger partial charge in [-0.05, 0) is 24.3 Å². The molecule has 3 rings (SSSR count). The van der Waals surface area contributed by atoms with Crippen LogP contribution in [0.3, 0.4) is 0 Å². The molecule has 0 aliphatic carbocycles. The Kier molecular flexibility index (Phi) is 6.52. The molecule has 2 unspecified atom stereocenters. The lowest BCUT2D eigenvalue weighted by molar-refractivity contribution is -0.0836. The fourth-order valence-corrected chi connectivity index (χ4v) is 4.14. The van der Waals surface area contributed by atoms with E-state index in [1.54, 1.807) is 12.4 Å². The first-order valence-corrected chi connectivity index (χ1v) is 10.1. The molecule has 1 N–H and O–H groups in total. The van der Waals surface area contributed by atoms with Gasteiger partial charge >= 0.3 is 0 Å². The second-order valence-corrected chi connectivity index (χ2v) is 8.51. The first kappa shape index (κ1) is 19.9. The van der Waals surface area contributed by atoms with Gasteiger partial charge in [0.15, 0.2) is 5.96 Å². The molecule has 0 spiro atoms. The van der Waals surface area contributed by atoms with Gasteiger partial charge in [0.05, 0.1) is 6.10 Å². The average molecular weight is 375 g/mol. The largest absolute Gasteiger partial charge is 0.377 e. The molecule has 2 atom stereocenters. The highest BCUT2D eigenvalue weighted by atomic mass is 16.5. The van der Waals surface area contributed by atoms with E-state index in [1.807, 2.05) is 13.1 Å². The van der Waals surface area contributed by atoms with E-state index in [0.29, 0.717) is 12.0 Å². The van der Waals surface area contributed by atoms with Crippen molar-refractivity contribution in [3.8, 4) is 0 Å². The molecular formula is C20H34N6O. The van der Waals surface area contributed by atoms with Crippen LogP contribution in [-0.2, 0) is 4.74 Å². The maximum Gasteiger partial charge on any atom is 0.225 e. The molecule has 0 bridgehead atoms. The van der Waals surface area contributed by atoms with Crippen LogP contribution in [0.4, 0.5) is 5.95 Å². The second-order valence-electron chi connectivity index (χ2n) is 8.51. The van der Waals surface area contributed by atoms with Crippen molar-refractivity contribution in [1.82, 2.24) is 20.2 Å². The van der Waals surface area contributed by atoms with E-state index in [4.69, 9.17) is 4.74 Å². The number of aliphatic imine (C=N–C) groups is 1. The molecule has 150 valence electrons. The van der Waals surface area contributed by atoms with Crippen molar-refractivity contribution in [2.75, 3.05) is 51.3 Å². The van der Waals surface area contributed by atoms with Gasteiger partial charge in [-0.3, -0.25) is 4.99 Å². The fourth-order valence-electron chi connectivity index (χ4n) is 4.14. The summed E-state index contributed by atoms with van der Waals surface area (Å²) in [4.78, 5) is 17.8. The van der Waals surface area contributed by atoms with Crippen LogP contribution in [0.2, 0.25) is 0 Å². The molecule has 7 heteroatoms. The molecule has 2 aliphatic heterocycles. The maximum atomic E-state index is 6.12. The van der Waals surface area contributed by atoms with Crippen LogP contribution in [0.1, 0.15) is 33.6 Å². The predicted molar refractivity (Wildman–Crippen MR) is 109 cm³/mol. The summed E-state index contributed by atoms with van der Waals surface area (Å²) in [5.74, 6) is 2.32. The van der Waals surface area contributed by atoms with Gasteiger partial charge in [-0.1, -0.05) is 20.8 Å². The van der Waals surface area contributed by atoms with E-state index in [0.717, 1.165) is 57.7 Å². The number of hydrogen-bond donors (Lipinski definition) is 1. The van der Waals surface area contributed by atoms with Crippen LogP contribution in [0.15, 0.2) is 23.5 Å². The van der Waals surface area contributed by atoms with Gasteiger partial charge in [0, 0.05) is 64.7 Å². The van der Waals surface area contributed by atoms with Gasteiger partial charge in [-0.25, -0.2) is 9.97 Å². The summed E-state index contributed by atoms with van der Waals surface area (Å²) in [5, 5.41) is 3.61. The number of nitrogens with zero attached hydrogens (tertiary/aromatic N) is 5. The molecular weight excluding hydrogens is 340 g/mol. The molecule has 3 heterocycles. The van der Waals surface area contributed by atoms with E-state index < -0.39 is 0 Å². The minimum Gasteiger partial charge on any atom is -0.377 e. The van der Waals surface area contributed by atoms with Gasteiger partial charge in [0.1, 0.15) is 0 Å². The zero-order valence-corrected chi connectivity index (χ0v) is 17.2. The van der Waals surface area contributed by atoms with Crippen molar-refractivity contribution >= 4 is 11.9 Å². The van der Waals surface area contributed by atoms with Gasteiger partial charge in [-0.15, -0.1) is 0 Å². The number of guanidine groups is 1. The summed E-state index contributed by atoms with van der Waals surface area (Å²) in [6.45, 7) is 12.3. The van der Waals surface area contributed by atoms with Crippen LogP contribution in [0.5, 0.6) is 0 Å². The van der Waals surface area contributed by atoms with Crippen LogP contribution in [0.25, 0.3) is 0 Å². The summed E-state index contributed by atoms with van der Waals surface area (Å²) in [5.41, 5.74) is 0.164. The van der Waals surface area contributed by atoms with Crippen LogP contribution < -0.4 is 10.2 Å². The standard InChI is InChI=1S/C20H34N6O/c1-20(2,3)17-16(7-5-14-27-17)15-24-18(21-4)25-10-12-26(13-11-25)19-22-8-6-9-23-19/h6,8-9,16-17H,5,7,10-15H2,1-4H3,(H,21,24). The number of rotatable bonds is 3. The maximum absolute atomic E-state index is 6.12. The Labute approximate surface area is 163 Å². The predicted octanol–water partition coefficient (Wildman–Crippen LogP) is 2.02. The normalized spacial score (nSPS) is 24.8. The Morgan fingerprint density at radius 1 is 1.22 bits per heavy atom. The minimum absolute atomic E-state index is 0.164. The van der Waals surface area contributed by atoms with E-state index in [-0.39, 0.29) is 5.41 Å². The zero-order valence-electron chi connectivity index (χ0n) is 17.2. The molecule has 2 aliphatic rings. The molecule has 0 saturated carbocycles. The quantitative estimate of drug-likeness (QED) is 0.645. The monoisotopic (exact) mass is 374 g/mol. The molecule has 0 radical (unpaired) electrons. The molecule has 1 aromatic heterocycles. The fraction of sp³-hybridized carbons (Fsp3) is 0.750.